The number of nitrogens with zero attached hydrogens (tertiary/aromatic N) is 3. The Labute approximate surface area is 271 Å². The Morgan fingerprint density at radius 2 is 1.87 bits per heavy atom. The van der Waals surface area contributed by atoms with Crippen molar-refractivity contribution < 1.29 is 19.4 Å². The summed E-state index contributed by atoms with van der Waals surface area (Å²) in [6, 6.07) is 21.7. The van der Waals surface area contributed by atoms with Crippen LogP contribution in [-0.4, -0.2) is 45.5 Å². The molecule has 0 saturated heterocycles. The van der Waals surface area contributed by atoms with Gasteiger partial charge in [-0.2, -0.15) is 5.10 Å². The summed E-state index contributed by atoms with van der Waals surface area (Å²) in [5.41, 5.74) is 4.27. The Balaban J connectivity index is 0.000000205. The summed E-state index contributed by atoms with van der Waals surface area (Å²) in [7, 11) is 3.13. The lowest BCUT2D eigenvalue weighted by atomic mass is 9.72. The molecule has 1 amide bonds. The zero-order valence-corrected chi connectivity index (χ0v) is 27.8. The number of hydrogen-bond acceptors (Lipinski definition) is 6. The van der Waals surface area contributed by atoms with Crippen molar-refractivity contribution in [2.45, 2.75) is 71.8 Å². The summed E-state index contributed by atoms with van der Waals surface area (Å²) in [6.07, 6.45) is 5.42. The Morgan fingerprint density at radius 3 is 2.53 bits per heavy atom. The third-order valence-corrected chi connectivity index (χ3v) is 9.27. The maximum absolute atomic E-state index is 12.0. The summed E-state index contributed by atoms with van der Waals surface area (Å²) < 4.78 is 13.1. The van der Waals surface area contributed by atoms with Crippen molar-refractivity contribution in [2.24, 2.45) is 11.3 Å². The highest BCUT2D eigenvalue weighted by atomic mass is 35.5. The van der Waals surface area contributed by atoms with Crippen LogP contribution >= 0.6 is 11.6 Å². The van der Waals surface area contributed by atoms with Crippen molar-refractivity contribution >= 4 is 17.5 Å². The van der Waals surface area contributed by atoms with E-state index in [4.69, 9.17) is 21.1 Å². The number of likely N-dealkylation sites (N-methyl/N-ethyl adjacent to an activating group) is 1. The molecule has 8 nitrogen and oxygen atoms in total. The van der Waals surface area contributed by atoms with Crippen LogP contribution in [0.4, 0.5) is 0 Å². The first kappa shape index (κ1) is 34.2. The van der Waals surface area contributed by atoms with Crippen LogP contribution in [0.15, 0.2) is 79.4 Å². The highest BCUT2D eigenvalue weighted by Gasteiger charge is 2.54. The molecule has 1 aliphatic rings. The van der Waals surface area contributed by atoms with E-state index in [1.807, 2.05) is 74.5 Å². The van der Waals surface area contributed by atoms with Gasteiger partial charge in [0.15, 0.2) is 6.10 Å². The van der Waals surface area contributed by atoms with Crippen LogP contribution in [-0.2, 0) is 29.1 Å². The number of rotatable bonds is 10. The Morgan fingerprint density at radius 1 is 1.13 bits per heavy atom. The lowest BCUT2D eigenvalue weighted by molar-refractivity contribution is -0.130. The minimum Gasteiger partial charge on any atom is -0.489 e. The maximum Gasteiger partial charge on any atom is 0.253 e. The van der Waals surface area contributed by atoms with Crippen molar-refractivity contribution in [2.75, 3.05) is 14.2 Å². The second kappa shape index (κ2) is 15.0. The molecule has 45 heavy (non-hydrogen) atoms. The number of halogens is 1. The number of aromatic nitrogens is 3. The first-order chi connectivity index (χ1) is 21.5. The number of nitrogens with one attached hydrogen (secondary N) is 1. The molecule has 5 rings (SSSR count). The molecule has 3 aromatic carbocycles. The predicted molar refractivity (Wildman–Crippen MR) is 177 cm³/mol. The number of ether oxygens (including phenoxy) is 2. The van der Waals surface area contributed by atoms with E-state index in [9.17, 15) is 9.90 Å². The molecule has 1 aromatic heterocycles. The fraction of sp³-hybridized carbons (Fsp3) is 0.417. The standard InChI is InChI=1S/C19H23NO3.C17H22ClN3O/c1-13-9-10-14(2)17(11-13)23-12-15-7-5-6-8-16(15)18(22-4)19(21)20-3;1-16(2)8-7-14(9-13-3-5-15(18)6-4-13)17(16,22)10-21-12-19-11-20-21/h5-11,18H,12H2,1-4H3,(H,20,21);3-6,11-12,14,22H,7-10H2,1-2H3. The van der Waals surface area contributed by atoms with Gasteiger partial charge in [-0.3, -0.25) is 9.48 Å². The van der Waals surface area contributed by atoms with E-state index in [0.717, 1.165) is 52.3 Å². The minimum absolute atomic E-state index is 0.143. The lowest BCUT2D eigenvalue weighted by Crippen LogP contribution is -2.49. The molecule has 0 aliphatic heterocycles. The molecule has 1 heterocycles. The molecular formula is C36H45ClN4O4. The molecule has 0 bridgehead atoms. The van der Waals surface area contributed by atoms with E-state index >= 15 is 0 Å². The number of aryl methyl sites for hydroxylation is 2. The van der Waals surface area contributed by atoms with E-state index in [1.165, 1.54) is 19.0 Å². The van der Waals surface area contributed by atoms with Gasteiger partial charge in [-0.25, -0.2) is 4.98 Å². The van der Waals surface area contributed by atoms with Crippen molar-refractivity contribution in [3.05, 3.63) is 112 Å². The van der Waals surface area contributed by atoms with Crippen LogP contribution in [0, 0.1) is 25.2 Å². The van der Waals surface area contributed by atoms with E-state index in [-0.39, 0.29) is 17.2 Å². The van der Waals surface area contributed by atoms with Gasteiger partial charge >= 0.3 is 0 Å². The lowest BCUT2D eigenvalue weighted by Gasteiger charge is -2.40. The van der Waals surface area contributed by atoms with Gasteiger partial charge in [0.25, 0.3) is 5.91 Å². The molecule has 0 spiro atoms. The number of hydrogen-bond donors (Lipinski definition) is 2. The Hall–Kier alpha value is -3.72. The van der Waals surface area contributed by atoms with Crippen LogP contribution in [0.25, 0.3) is 0 Å². The van der Waals surface area contributed by atoms with Gasteiger partial charge in [0.05, 0.1) is 12.1 Å². The number of aliphatic hydroxyl groups is 1. The molecule has 9 heteroatoms. The smallest absolute Gasteiger partial charge is 0.253 e. The largest absolute Gasteiger partial charge is 0.489 e. The fourth-order valence-electron chi connectivity index (χ4n) is 6.07. The second-order valence-electron chi connectivity index (χ2n) is 12.5. The van der Waals surface area contributed by atoms with Gasteiger partial charge < -0.3 is 19.9 Å². The summed E-state index contributed by atoms with van der Waals surface area (Å²) in [4.78, 5) is 16.0. The van der Waals surface area contributed by atoms with Crippen molar-refractivity contribution in [3.63, 3.8) is 0 Å². The maximum atomic E-state index is 12.0. The third-order valence-electron chi connectivity index (χ3n) is 9.01. The molecule has 3 unspecified atom stereocenters. The van der Waals surface area contributed by atoms with Gasteiger partial charge in [0.1, 0.15) is 25.0 Å². The first-order valence-corrected chi connectivity index (χ1v) is 15.7. The SMILES string of the molecule is CC1(C)CCC(Cc2ccc(Cl)cc2)C1(O)Cn1cncn1.CNC(=O)C(OC)c1ccccc1COc1cc(C)ccc1C. The van der Waals surface area contributed by atoms with Gasteiger partial charge in [-0.1, -0.05) is 74.0 Å². The van der Waals surface area contributed by atoms with E-state index in [1.54, 1.807) is 18.1 Å². The number of carbonyl (C=O) groups is 1. The minimum atomic E-state index is -0.791. The summed E-state index contributed by atoms with van der Waals surface area (Å²) in [5.74, 6) is 0.883. The number of methoxy groups -OCH3 is 1. The second-order valence-corrected chi connectivity index (χ2v) is 12.9. The topological polar surface area (TPSA) is 98.5 Å². The van der Waals surface area contributed by atoms with Gasteiger partial charge in [0, 0.05) is 19.2 Å². The molecule has 1 aliphatic carbocycles. The van der Waals surface area contributed by atoms with Crippen LogP contribution in [0.3, 0.4) is 0 Å². The quantitative estimate of drug-likeness (QED) is 0.203. The molecule has 1 saturated carbocycles. The molecule has 1 fully saturated rings. The van der Waals surface area contributed by atoms with Crippen molar-refractivity contribution in [1.29, 1.82) is 0 Å². The molecule has 240 valence electrons. The first-order valence-electron chi connectivity index (χ1n) is 15.3. The predicted octanol–water partition coefficient (Wildman–Crippen LogP) is 6.66. The number of benzene rings is 3. The fourth-order valence-corrected chi connectivity index (χ4v) is 6.20. The van der Waals surface area contributed by atoms with Crippen LogP contribution in [0.5, 0.6) is 5.75 Å². The summed E-state index contributed by atoms with van der Waals surface area (Å²) in [5, 5.41) is 19.0. The van der Waals surface area contributed by atoms with E-state index in [2.05, 4.69) is 35.3 Å². The van der Waals surface area contributed by atoms with E-state index in [0.29, 0.717) is 13.2 Å². The zero-order chi connectivity index (χ0) is 32.6. The molecule has 3 atom stereocenters. The van der Waals surface area contributed by atoms with Gasteiger partial charge in [-0.05, 0) is 90.5 Å². The summed E-state index contributed by atoms with van der Waals surface area (Å²) in [6.45, 7) is 9.21. The average Bonchev–Trinajstić information content (AvgIpc) is 3.61. The normalized spacial score (nSPS) is 19.3. The van der Waals surface area contributed by atoms with Crippen molar-refractivity contribution in [3.8, 4) is 5.75 Å². The van der Waals surface area contributed by atoms with Gasteiger partial charge in [-0.15, -0.1) is 0 Å². The highest BCUT2D eigenvalue weighted by molar-refractivity contribution is 6.30. The Bertz CT molecular complexity index is 1540. The van der Waals surface area contributed by atoms with Crippen molar-refractivity contribution in [1.82, 2.24) is 20.1 Å². The monoisotopic (exact) mass is 632 g/mol. The van der Waals surface area contributed by atoms with E-state index < -0.39 is 11.7 Å². The zero-order valence-electron chi connectivity index (χ0n) is 27.1. The van der Waals surface area contributed by atoms with Crippen LogP contribution < -0.4 is 10.1 Å². The molecule has 4 aromatic rings. The summed E-state index contributed by atoms with van der Waals surface area (Å²) >= 11 is 5.96. The number of amides is 1. The average molecular weight is 633 g/mol. The van der Waals surface area contributed by atoms with Crippen LogP contribution in [0.1, 0.15) is 60.6 Å². The van der Waals surface area contributed by atoms with Crippen LogP contribution in [0.2, 0.25) is 5.02 Å². The third kappa shape index (κ3) is 8.31. The highest BCUT2D eigenvalue weighted by Crippen LogP contribution is 2.51. The number of carbonyl (C=O) groups excluding carboxylic acids is 1. The Kier molecular flexibility index (Phi) is 11.4. The molecule has 2 N–H and O–H groups in total. The van der Waals surface area contributed by atoms with Gasteiger partial charge in [0.2, 0.25) is 0 Å². The molecule has 0 radical (unpaired) electrons. The molecular weight excluding hydrogens is 588 g/mol.